The van der Waals surface area contributed by atoms with Crippen LogP contribution in [0.3, 0.4) is 0 Å². The molecule has 0 aromatic heterocycles. The van der Waals surface area contributed by atoms with E-state index in [0.717, 1.165) is 0 Å². The van der Waals surface area contributed by atoms with Crippen molar-refractivity contribution < 1.29 is 113 Å². The second-order valence-corrected chi connectivity index (χ2v) is 13.2. The Morgan fingerprint density at radius 1 is 0.265 bits per heavy atom. The topological polar surface area (TPSA) is 292 Å². The molecular weight excluding hydrogens is 1050 g/mol. The van der Waals surface area contributed by atoms with E-state index >= 15 is 0 Å². The summed E-state index contributed by atoms with van der Waals surface area (Å²) in [4.78, 5) is 105. The van der Waals surface area contributed by atoms with Crippen LogP contribution in [0.2, 0.25) is 0 Å². The molecule has 2 radical (unpaired) electrons. The van der Waals surface area contributed by atoms with Gasteiger partial charge in [-0.1, -0.05) is 114 Å². The molecule has 0 unspecified atom stereocenters. The fourth-order valence-corrected chi connectivity index (χ4v) is 6.07. The fraction of sp³-hybridized carbons (Fsp3) is 0.353. The molecule has 370 valence electrons. The number of ketones is 3. The van der Waals surface area contributed by atoms with Gasteiger partial charge in [-0.15, -0.1) is 0 Å². The Balaban J connectivity index is -0.000000288. The first-order chi connectivity index (χ1) is 31.0. The average Bonchev–Trinajstić information content (AvgIpc) is 3.24. The Morgan fingerprint density at radius 2 is 0.368 bits per heavy atom. The van der Waals surface area contributed by atoms with Crippen LogP contribution in [-0.2, 0) is 82.1 Å². The van der Waals surface area contributed by atoms with E-state index in [9.17, 15) is 73.8 Å². The van der Waals surface area contributed by atoms with E-state index in [1.165, 1.54) is 36.5 Å². The van der Waals surface area contributed by atoms with Gasteiger partial charge >= 0.3 is 39.0 Å². The average molecular weight is 1120 g/mol. The Labute approximate surface area is 425 Å². The molecule has 0 aliphatic carbocycles. The predicted octanol–water partition coefficient (Wildman–Crippen LogP) is 1.86. The molecule has 0 aliphatic rings. The predicted molar refractivity (Wildman–Crippen MR) is 238 cm³/mol. The van der Waals surface area contributed by atoms with Crippen molar-refractivity contribution in [1.29, 1.82) is 0 Å². The minimum Gasteiger partial charge on any atom is -0.545 e. The van der Waals surface area contributed by atoms with Gasteiger partial charge < -0.3 is 59.4 Å². The second-order valence-electron chi connectivity index (χ2n) is 13.2. The van der Waals surface area contributed by atoms with Gasteiger partial charge in [-0.3, -0.25) is 14.4 Å². The van der Waals surface area contributed by atoms with Crippen LogP contribution in [0.1, 0.15) is 122 Å². The maximum Gasteiger partial charge on any atom is 3.00 e. The number of hydrogen-bond donors (Lipinski definition) is 0. The Hall–Kier alpha value is -6.04. The van der Waals surface area contributed by atoms with Gasteiger partial charge in [0.25, 0.3) is 0 Å². The summed E-state index contributed by atoms with van der Waals surface area (Å²) in [6, 6.07) is 0. The fourth-order valence-electron chi connectivity index (χ4n) is 6.07. The molecule has 0 rings (SSSR count). The van der Waals surface area contributed by atoms with Gasteiger partial charge in [0.2, 0.25) is 0 Å². The first-order valence-corrected chi connectivity index (χ1v) is 21.1. The summed E-state index contributed by atoms with van der Waals surface area (Å²) >= 11 is 0. The first kappa shape index (κ1) is 71.0. The number of allylic oxidation sites excluding steroid dienone is 18. The Kier molecular flexibility index (Phi) is 40.7. The molecule has 68 heavy (non-hydrogen) atoms. The molecule has 0 aromatic rings. The molecule has 15 nitrogen and oxygen atoms in total. The van der Waals surface area contributed by atoms with Crippen molar-refractivity contribution in [2.75, 3.05) is 0 Å². The van der Waals surface area contributed by atoms with Crippen molar-refractivity contribution in [1.82, 2.24) is 0 Å². The molecule has 0 aliphatic heterocycles. The van der Waals surface area contributed by atoms with Crippen molar-refractivity contribution >= 4 is 53.2 Å². The van der Waals surface area contributed by atoms with Crippen LogP contribution in [-0.4, -0.2) is 53.2 Å². The number of carboxylic acid groups (broad SMARTS) is 6. The maximum atomic E-state index is 12.5. The third-order valence-corrected chi connectivity index (χ3v) is 9.01. The largest absolute Gasteiger partial charge is 3.00 e. The van der Waals surface area contributed by atoms with E-state index in [2.05, 4.69) is 0 Å². The summed E-state index contributed by atoms with van der Waals surface area (Å²) in [5.74, 6) is -13.5. The zero-order valence-corrected chi connectivity index (χ0v) is 44.0. The van der Waals surface area contributed by atoms with Gasteiger partial charge in [-0.2, -0.15) is 0 Å². The zero-order valence-electron chi connectivity index (χ0n) is 40.5. The summed E-state index contributed by atoms with van der Waals surface area (Å²) in [6.07, 6.45) is 19.7. The van der Waals surface area contributed by atoms with Crippen LogP contribution >= 0.6 is 0 Å². The number of aliphatic carboxylic acids is 6. The molecule has 0 heterocycles. The van der Waals surface area contributed by atoms with Crippen molar-refractivity contribution in [2.45, 2.75) is 122 Å². The molecule has 0 saturated heterocycles. The summed E-state index contributed by atoms with van der Waals surface area (Å²) in [5, 5.41) is 68.0. The van der Waals surface area contributed by atoms with E-state index in [1.54, 1.807) is 120 Å². The van der Waals surface area contributed by atoms with Crippen LogP contribution in [0.25, 0.3) is 0 Å². The number of carbonyl (C=O) groups is 9. The van der Waals surface area contributed by atoms with E-state index in [-0.39, 0.29) is 111 Å². The summed E-state index contributed by atoms with van der Waals surface area (Å²) < 4.78 is 0. The van der Waals surface area contributed by atoms with Crippen molar-refractivity contribution in [3.05, 3.63) is 140 Å². The Morgan fingerprint density at radius 3 is 0.426 bits per heavy atom. The molecule has 0 spiro atoms. The SMILES string of the molecule is CC=CC(CC)=C(C(=O)[O-])C(=O)C(C(=O)[O-])=C(C=CC)CC.CC=CC(CC)=C(C(=O)[O-])C(=O)C(C(=O)[O-])=C(C=CC)CC.CC=CC(CC)=C(C(=O)[O-])C(=O)C(C(=O)[O-])=C(C=CC)CC.[Ru+3].[Ru+3]. The molecule has 0 amide bonds. The van der Waals surface area contributed by atoms with Gasteiger partial charge in [-0.25, -0.2) is 0 Å². The van der Waals surface area contributed by atoms with Crippen molar-refractivity contribution in [3.8, 4) is 0 Å². The normalized spacial score (nSPS) is 13.6. The number of carboxylic acids is 6. The van der Waals surface area contributed by atoms with E-state index in [0.29, 0.717) is 0 Å². The van der Waals surface area contributed by atoms with Crippen LogP contribution in [0.4, 0.5) is 0 Å². The van der Waals surface area contributed by atoms with Crippen LogP contribution in [0, 0.1) is 0 Å². The molecule has 0 atom stereocenters. The summed E-state index contributed by atoms with van der Waals surface area (Å²) in [7, 11) is 0. The second kappa shape index (κ2) is 39.0. The molecule has 17 heteroatoms. The number of carbonyl (C=O) groups excluding carboxylic acids is 9. The Bertz CT molecular complexity index is 1830. The minimum atomic E-state index is -1.70. The molecule has 0 N–H and O–H groups in total. The first-order valence-electron chi connectivity index (χ1n) is 21.1. The molecule has 0 fully saturated rings. The number of hydrogen-bond acceptors (Lipinski definition) is 15. The van der Waals surface area contributed by atoms with E-state index in [1.807, 2.05) is 0 Å². The third kappa shape index (κ3) is 22.6. The number of rotatable bonds is 24. The molecule has 0 aromatic carbocycles. The smallest absolute Gasteiger partial charge is 0.545 e. The van der Waals surface area contributed by atoms with Crippen molar-refractivity contribution in [3.63, 3.8) is 0 Å². The summed E-state index contributed by atoms with van der Waals surface area (Å²) in [5.41, 5.74) is -2.60. The third-order valence-electron chi connectivity index (χ3n) is 9.01. The van der Waals surface area contributed by atoms with Gasteiger partial charge in [0, 0.05) is 33.4 Å². The van der Waals surface area contributed by atoms with E-state index in [4.69, 9.17) is 0 Å². The quantitative estimate of drug-likeness (QED) is 0.0438. The van der Waals surface area contributed by atoms with Gasteiger partial charge in [-0.05, 0) is 114 Å². The monoisotopic (exact) mass is 1120 g/mol. The summed E-state index contributed by atoms with van der Waals surface area (Å²) in [6.45, 7) is 20.0. The number of Topliss-reactive ketones (excluding diaryl/α,β-unsaturated/α-hetero) is 3. The van der Waals surface area contributed by atoms with Gasteiger partial charge in [0.15, 0.2) is 17.3 Å². The van der Waals surface area contributed by atoms with Crippen molar-refractivity contribution in [2.24, 2.45) is 0 Å². The van der Waals surface area contributed by atoms with Gasteiger partial charge in [0.05, 0.1) is 35.8 Å². The molecular formula is C51H60O15Ru2. The maximum absolute atomic E-state index is 12.5. The van der Waals surface area contributed by atoms with Crippen LogP contribution in [0.15, 0.2) is 140 Å². The molecule has 0 bridgehead atoms. The zero-order chi connectivity index (χ0) is 51.9. The van der Waals surface area contributed by atoms with Crippen LogP contribution < -0.4 is 30.6 Å². The van der Waals surface area contributed by atoms with Crippen LogP contribution in [0.5, 0.6) is 0 Å². The standard InChI is InChI=1S/3C17H22O5.2Ru/c3*1-5-9-11(7-3)13(16(19)20)15(18)14(17(21)22)12(8-4)10-6-2;;/h3*5-6,9-10H,7-8H2,1-4H3,(H,19,20)(H,21,22);;/q;;;2*+3/p-6. The van der Waals surface area contributed by atoms with E-state index < -0.39 is 86.6 Å². The molecule has 0 saturated carbocycles. The van der Waals surface area contributed by atoms with Gasteiger partial charge in [0.1, 0.15) is 0 Å². The minimum absolute atomic E-state index is 0.